The number of hydrogen-bond donors (Lipinski definition) is 1. The third-order valence-corrected chi connectivity index (χ3v) is 3.20. The van der Waals surface area contributed by atoms with Gasteiger partial charge < -0.3 is 10.2 Å². The molecule has 1 aromatic heterocycles. The molecule has 4 nitrogen and oxygen atoms in total. The maximum atomic E-state index is 4.72. The van der Waals surface area contributed by atoms with Gasteiger partial charge in [0.15, 0.2) is 0 Å². The van der Waals surface area contributed by atoms with Gasteiger partial charge in [-0.1, -0.05) is 20.8 Å². The topological polar surface area (TPSA) is 41.1 Å². The van der Waals surface area contributed by atoms with E-state index in [9.17, 15) is 0 Å². The van der Waals surface area contributed by atoms with Gasteiger partial charge in [0.05, 0.1) is 0 Å². The summed E-state index contributed by atoms with van der Waals surface area (Å²) in [4.78, 5) is 11.7. The van der Waals surface area contributed by atoms with Crippen LogP contribution < -0.4 is 10.2 Å². The molecule has 0 aliphatic rings. The molecule has 0 spiro atoms. The maximum absolute atomic E-state index is 4.72. The molecule has 0 fully saturated rings. The second-order valence-electron chi connectivity index (χ2n) is 4.80. The molecular formula is C15H28N4. The monoisotopic (exact) mass is 264 g/mol. The molecule has 1 aromatic rings. The molecule has 0 aliphatic carbocycles. The average Bonchev–Trinajstić information content (AvgIpc) is 2.44. The van der Waals surface area contributed by atoms with Crippen LogP contribution in [0.15, 0.2) is 0 Å². The van der Waals surface area contributed by atoms with Gasteiger partial charge in [0, 0.05) is 31.6 Å². The second kappa shape index (κ2) is 7.97. The van der Waals surface area contributed by atoms with Crippen molar-refractivity contribution in [1.29, 1.82) is 0 Å². The SMILES string of the molecule is CCCNc1nc(CC)nc(N(CC)CCC)c1C. The highest BCUT2D eigenvalue weighted by molar-refractivity contribution is 5.58. The van der Waals surface area contributed by atoms with Crippen LogP contribution in [0.5, 0.6) is 0 Å². The first-order chi connectivity index (χ1) is 9.17. The van der Waals surface area contributed by atoms with Gasteiger partial charge in [-0.15, -0.1) is 0 Å². The molecule has 0 amide bonds. The maximum Gasteiger partial charge on any atom is 0.137 e. The standard InChI is InChI=1S/C15H28N4/c1-6-10-16-14-12(5)15(18-13(8-3)17-14)19(9-4)11-7-2/h6-11H2,1-5H3,(H,16,17,18). The zero-order chi connectivity index (χ0) is 14.3. The molecule has 0 saturated heterocycles. The molecule has 0 atom stereocenters. The zero-order valence-electron chi connectivity index (χ0n) is 13.1. The summed E-state index contributed by atoms with van der Waals surface area (Å²) < 4.78 is 0. The molecule has 4 heteroatoms. The molecule has 0 aliphatic heterocycles. The molecule has 1 rings (SSSR count). The quantitative estimate of drug-likeness (QED) is 0.781. The Bertz CT molecular complexity index is 390. The summed E-state index contributed by atoms with van der Waals surface area (Å²) in [5, 5.41) is 3.42. The number of nitrogens with zero attached hydrogens (tertiary/aromatic N) is 3. The molecular weight excluding hydrogens is 236 g/mol. The Morgan fingerprint density at radius 3 is 2.32 bits per heavy atom. The lowest BCUT2D eigenvalue weighted by molar-refractivity contribution is 0.763. The first-order valence-corrected chi connectivity index (χ1v) is 7.54. The van der Waals surface area contributed by atoms with E-state index >= 15 is 0 Å². The summed E-state index contributed by atoms with van der Waals surface area (Å²) in [5.74, 6) is 3.02. The Morgan fingerprint density at radius 2 is 1.79 bits per heavy atom. The van der Waals surface area contributed by atoms with Gasteiger partial charge in [0.25, 0.3) is 0 Å². The summed E-state index contributed by atoms with van der Waals surface area (Å²) in [5.41, 5.74) is 1.17. The predicted molar refractivity (Wildman–Crippen MR) is 83.1 cm³/mol. The van der Waals surface area contributed by atoms with Gasteiger partial charge in [-0.25, -0.2) is 9.97 Å². The van der Waals surface area contributed by atoms with Gasteiger partial charge in [-0.2, -0.15) is 0 Å². The van der Waals surface area contributed by atoms with Crippen molar-refractivity contribution in [2.75, 3.05) is 29.9 Å². The van der Waals surface area contributed by atoms with Crippen LogP contribution in [0.2, 0.25) is 0 Å². The average molecular weight is 264 g/mol. The number of hydrogen-bond acceptors (Lipinski definition) is 4. The van der Waals surface area contributed by atoms with Crippen molar-refractivity contribution in [3.8, 4) is 0 Å². The van der Waals surface area contributed by atoms with Gasteiger partial charge in [-0.05, 0) is 26.7 Å². The molecule has 108 valence electrons. The van der Waals surface area contributed by atoms with Gasteiger partial charge in [0.1, 0.15) is 17.5 Å². The molecule has 0 aromatic carbocycles. The van der Waals surface area contributed by atoms with Crippen LogP contribution in [0.4, 0.5) is 11.6 Å². The van der Waals surface area contributed by atoms with Crippen LogP contribution in [0.25, 0.3) is 0 Å². The van der Waals surface area contributed by atoms with E-state index in [1.54, 1.807) is 0 Å². The number of aryl methyl sites for hydroxylation is 1. The van der Waals surface area contributed by atoms with Crippen molar-refractivity contribution in [1.82, 2.24) is 9.97 Å². The second-order valence-corrected chi connectivity index (χ2v) is 4.80. The Balaban J connectivity index is 3.13. The van der Waals surface area contributed by atoms with E-state index in [1.807, 2.05) is 0 Å². The van der Waals surface area contributed by atoms with E-state index in [0.29, 0.717) is 0 Å². The fourth-order valence-electron chi connectivity index (χ4n) is 2.12. The normalized spacial score (nSPS) is 10.6. The molecule has 0 radical (unpaired) electrons. The molecule has 19 heavy (non-hydrogen) atoms. The molecule has 0 unspecified atom stereocenters. The van der Waals surface area contributed by atoms with Crippen LogP contribution in [0.3, 0.4) is 0 Å². The highest BCUT2D eigenvalue weighted by Gasteiger charge is 2.14. The zero-order valence-corrected chi connectivity index (χ0v) is 13.1. The van der Waals surface area contributed by atoms with E-state index < -0.39 is 0 Å². The number of nitrogens with one attached hydrogen (secondary N) is 1. The highest BCUT2D eigenvalue weighted by atomic mass is 15.2. The van der Waals surface area contributed by atoms with E-state index in [-0.39, 0.29) is 0 Å². The molecule has 1 heterocycles. The fraction of sp³-hybridized carbons (Fsp3) is 0.733. The lowest BCUT2D eigenvalue weighted by Gasteiger charge is -2.24. The highest BCUT2D eigenvalue weighted by Crippen LogP contribution is 2.24. The Hall–Kier alpha value is -1.32. The molecule has 1 N–H and O–H groups in total. The van der Waals surface area contributed by atoms with Crippen molar-refractivity contribution >= 4 is 11.6 Å². The van der Waals surface area contributed by atoms with Crippen LogP contribution in [0.1, 0.15) is 51.9 Å². The van der Waals surface area contributed by atoms with Crippen LogP contribution in [0, 0.1) is 6.92 Å². The van der Waals surface area contributed by atoms with Gasteiger partial charge in [0.2, 0.25) is 0 Å². The largest absolute Gasteiger partial charge is 0.370 e. The Kier molecular flexibility index (Phi) is 6.60. The molecule has 0 bridgehead atoms. The van der Waals surface area contributed by atoms with E-state index in [0.717, 1.165) is 56.4 Å². The van der Waals surface area contributed by atoms with Crippen molar-refractivity contribution in [2.24, 2.45) is 0 Å². The number of anilines is 2. The summed E-state index contributed by atoms with van der Waals surface area (Å²) in [6.07, 6.45) is 3.11. The first-order valence-electron chi connectivity index (χ1n) is 7.54. The summed E-state index contributed by atoms with van der Waals surface area (Å²) in [7, 11) is 0. The Labute approximate surface area is 117 Å². The number of aromatic nitrogens is 2. The minimum atomic E-state index is 0.873. The fourth-order valence-corrected chi connectivity index (χ4v) is 2.12. The first kappa shape index (κ1) is 15.7. The summed E-state index contributed by atoms with van der Waals surface area (Å²) in [6, 6.07) is 0. The summed E-state index contributed by atoms with van der Waals surface area (Å²) in [6.45, 7) is 13.8. The van der Waals surface area contributed by atoms with Crippen molar-refractivity contribution < 1.29 is 0 Å². The third kappa shape index (κ3) is 4.08. The lowest BCUT2D eigenvalue weighted by atomic mass is 10.2. The van der Waals surface area contributed by atoms with Gasteiger partial charge >= 0.3 is 0 Å². The van der Waals surface area contributed by atoms with Crippen LogP contribution in [-0.2, 0) is 6.42 Å². The van der Waals surface area contributed by atoms with Crippen molar-refractivity contribution in [3.63, 3.8) is 0 Å². The van der Waals surface area contributed by atoms with E-state index in [1.165, 1.54) is 5.56 Å². The van der Waals surface area contributed by atoms with Crippen molar-refractivity contribution in [2.45, 2.75) is 53.9 Å². The third-order valence-electron chi connectivity index (χ3n) is 3.20. The van der Waals surface area contributed by atoms with Crippen LogP contribution >= 0.6 is 0 Å². The van der Waals surface area contributed by atoms with Gasteiger partial charge in [-0.3, -0.25) is 0 Å². The minimum Gasteiger partial charge on any atom is -0.370 e. The molecule has 0 saturated carbocycles. The predicted octanol–water partition coefficient (Wildman–Crippen LogP) is 3.41. The van der Waals surface area contributed by atoms with E-state index in [2.05, 4.69) is 49.8 Å². The lowest BCUT2D eigenvalue weighted by Crippen LogP contribution is -2.26. The van der Waals surface area contributed by atoms with E-state index in [4.69, 9.17) is 4.98 Å². The van der Waals surface area contributed by atoms with Crippen LogP contribution in [-0.4, -0.2) is 29.6 Å². The minimum absolute atomic E-state index is 0.873. The number of rotatable bonds is 8. The summed E-state index contributed by atoms with van der Waals surface area (Å²) >= 11 is 0. The Morgan fingerprint density at radius 1 is 1.05 bits per heavy atom. The smallest absolute Gasteiger partial charge is 0.137 e. The van der Waals surface area contributed by atoms with Crippen molar-refractivity contribution in [3.05, 3.63) is 11.4 Å².